The lowest BCUT2D eigenvalue weighted by atomic mass is 9.83. The van der Waals surface area contributed by atoms with Gasteiger partial charge in [0.2, 0.25) is 0 Å². The van der Waals surface area contributed by atoms with Gasteiger partial charge in [0.05, 0.1) is 12.5 Å². The molecular weight excluding hydrogens is 528 g/mol. The van der Waals surface area contributed by atoms with Crippen molar-refractivity contribution in [2.45, 2.75) is 154 Å². The molecule has 3 heteroatoms. The molecule has 0 saturated carbocycles. The molecule has 0 amide bonds. The third-order valence-corrected chi connectivity index (χ3v) is 8.94. The van der Waals surface area contributed by atoms with Crippen LogP contribution in [0.25, 0.3) is 0 Å². The molecule has 3 rings (SSSR count). The zero-order valence-corrected chi connectivity index (χ0v) is 31.1. The molecule has 3 nitrogen and oxygen atoms in total. The second kappa shape index (κ2) is 18.0. The summed E-state index contributed by atoms with van der Waals surface area (Å²) in [6, 6.07) is 6.65. The third kappa shape index (κ3) is 11.7. The second-order valence-corrected chi connectivity index (χ2v) is 15.0. The van der Waals surface area contributed by atoms with Crippen LogP contribution in [-0.2, 0) is 0 Å². The Kier molecular flexibility index (Phi) is 16.2. The molecule has 3 aromatic rings. The van der Waals surface area contributed by atoms with Crippen LogP contribution < -0.4 is 0 Å². The maximum Gasteiger partial charge on any atom is 0.108 e. The molecule has 0 spiro atoms. The van der Waals surface area contributed by atoms with Crippen LogP contribution in [0.4, 0.5) is 0 Å². The number of rotatable bonds is 11. The summed E-state index contributed by atoms with van der Waals surface area (Å²) >= 11 is 0. The van der Waals surface area contributed by atoms with E-state index in [0.29, 0.717) is 59.2 Å². The van der Waals surface area contributed by atoms with Gasteiger partial charge in [-0.25, -0.2) is 0 Å². The molecule has 1 atom stereocenters. The molecular formula is C40H68O3. The quantitative estimate of drug-likeness (QED) is 0.221. The zero-order valence-electron chi connectivity index (χ0n) is 31.1. The fraction of sp³-hybridized carbons (Fsp3) is 0.700. The Morgan fingerprint density at radius 3 is 1.21 bits per heavy atom. The van der Waals surface area contributed by atoms with E-state index in [2.05, 4.69) is 129 Å². The Hall–Kier alpha value is -2.16. The van der Waals surface area contributed by atoms with E-state index in [9.17, 15) is 0 Å². The van der Waals surface area contributed by atoms with Crippen molar-refractivity contribution >= 4 is 0 Å². The zero-order chi connectivity index (χ0) is 33.2. The smallest absolute Gasteiger partial charge is 0.108 e. The van der Waals surface area contributed by atoms with Crippen molar-refractivity contribution in [3.8, 4) is 0 Å². The summed E-state index contributed by atoms with van der Waals surface area (Å²) in [7, 11) is 0. The Bertz CT molecular complexity index is 1110. The SMILES string of the molecule is CC(C)c1coc(C(C(C)C)C(C)C)c1.CC[C@H](c1cc(C(C)C)co1)C(C)C.Cc1cc(C(C(C)C)C(C)C)oc1C. The molecule has 0 N–H and O–H groups in total. The van der Waals surface area contributed by atoms with Crippen LogP contribution in [0.3, 0.4) is 0 Å². The van der Waals surface area contributed by atoms with Crippen molar-refractivity contribution < 1.29 is 13.3 Å². The van der Waals surface area contributed by atoms with E-state index in [-0.39, 0.29) is 0 Å². The van der Waals surface area contributed by atoms with Crippen LogP contribution >= 0.6 is 0 Å². The minimum absolute atomic E-state index is 0.539. The Labute approximate surface area is 266 Å². The maximum atomic E-state index is 5.80. The first-order chi connectivity index (χ1) is 19.9. The summed E-state index contributed by atoms with van der Waals surface area (Å²) in [5.74, 6) is 10.5. The van der Waals surface area contributed by atoms with Crippen LogP contribution in [0.15, 0.2) is 44.0 Å². The summed E-state index contributed by atoms with van der Waals surface area (Å²) in [4.78, 5) is 0. The van der Waals surface area contributed by atoms with Gasteiger partial charge >= 0.3 is 0 Å². The monoisotopic (exact) mass is 597 g/mol. The number of hydrogen-bond acceptors (Lipinski definition) is 3. The summed E-state index contributed by atoms with van der Waals surface area (Å²) in [5, 5.41) is 0. The molecule has 0 fully saturated rings. The molecule has 0 radical (unpaired) electrons. The standard InChI is InChI=1S/C14H24O.2C13H22O/c1-9(2)12-7-13(15-8-12)14(10(3)4)11(5)6;1-8(2)13(9(3)4)12-7-10(5)11(6)14-12;1-6-12(10(4)5)13-7-11(8-14-13)9(2)3/h7-11,14H,1-6H3;7-9,13H,1-6H3;7-10,12H,6H2,1-5H3/t;;12-/m..0/s1. The average molecular weight is 597 g/mol. The van der Waals surface area contributed by atoms with E-state index >= 15 is 0 Å². The molecule has 246 valence electrons. The van der Waals surface area contributed by atoms with Crippen LogP contribution in [0.2, 0.25) is 0 Å². The van der Waals surface area contributed by atoms with Gasteiger partial charge in [-0.3, -0.25) is 0 Å². The minimum Gasteiger partial charge on any atom is -0.469 e. The first-order valence-electron chi connectivity index (χ1n) is 17.2. The fourth-order valence-corrected chi connectivity index (χ4v) is 6.33. The van der Waals surface area contributed by atoms with Gasteiger partial charge in [0.25, 0.3) is 0 Å². The predicted molar refractivity (Wildman–Crippen MR) is 186 cm³/mol. The third-order valence-electron chi connectivity index (χ3n) is 8.94. The van der Waals surface area contributed by atoms with E-state index < -0.39 is 0 Å². The van der Waals surface area contributed by atoms with Crippen molar-refractivity contribution in [3.63, 3.8) is 0 Å². The van der Waals surface area contributed by atoms with Gasteiger partial charge in [-0.05, 0) is 96.6 Å². The average Bonchev–Trinajstić information content (AvgIpc) is 3.61. The van der Waals surface area contributed by atoms with Crippen LogP contribution in [0.1, 0.15) is 180 Å². The van der Waals surface area contributed by atoms with Crippen LogP contribution in [-0.4, -0.2) is 0 Å². The van der Waals surface area contributed by atoms with E-state index in [1.807, 2.05) is 19.5 Å². The van der Waals surface area contributed by atoms with Crippen LogP contribution in [0, 0.1) is 43.4 Å². The second-order valence-electron chi connectivity index (χ2n) is 15.0. The largest absolute Gasteiger partial charge is 0.469 e. The lowest BCUT2D eigenvalue weighted by Gasteiger charge is -2.22. The fourth-order valence-electron chi connectivity index (χ4n) is 6.33. The Balaban J connectivity index is 0.000000323. The summed E-state index contributed by atoms with van der Waals surface area (Å²) in [6.45, 7) is 37.8. The normalized spacial score (nSPS) is 12.8. The highest BCUT2D eigenvalue weighted by molar-refractivity contribution is 5.22. The molecule has 0 bridgehead atoms. The van der Waals surface area contributed by atoms with Crippen molar-refractivity contribution in [1.29, 1.82) is 0 Å². The first kappa shape index (κ1) is 38.9. The van der Waals surface area contributed by atoms with Crippen LogP contribution in [0.5, 0.6) is 0 Å². The van der Waals surface area contributed by atoms with Gasteiger partial charge in [-0.1, -0.05) is 104 Å². The van der Waals surface area contributed by atoms with Crippen molar-refractivity contribution in [2.75, 3.05) is 0 Å². The molecule has 3 heterocycles. The number of furan rings is 3. The highest BCUT2D eigenvalue weighted by Crippen LogP contribution is 2.35. The topological polar surface area (TPSA) is 39.4 Å². The van der Waals surface area contributed by atoms with Crippen molar-refractivity contribution in [3.05, 3.63) is 70.5 Å². The minimum atomic E-state index is 0.539. The molecule has 0 saturated heterocycles. The first-order valence-corrected chi connectivity index (χ1v) is 17.2. The van der Waals surface area contributed by atoms with Gasteiger partial charge in [0, 0.05) is 17.8 Å². The lowest BCUT2D eigenvalue weighted by molar-refractivity contribution is 0.319. The summed E-state index contributed by atoms with van der Waals surface area (Å²) in [5.41, 5.74) is 3.90. The van der Waals surface area contributed by atoms with Gasteiger partial charge in [-0.2, -0.15) is 0 Å². The van der Waals surface area contributed by atoms with Gasteiger partial charge in [0.1, 0.15) is 23.0 Å². The number of aryl methyl sites for hydroxylation is 2. The Morgan fingerprint density at radius 2 is 0.907 bits per heavy atom. The summed E-state index contributed by atoms with van der Waals surface area (Å²) < 4.78 is 17.2. The molecule has 0 aliphatic heterocycles. The van der Waals surface area contributed by atoms with Gasteiger partial charge < -0.3 is 13.3 Å². The van der Waals surface area contributed by atoms with Gasteiger partial charge in [-0.15, -0.1) is 0 Å². The van der Waals surface area contributed by atoms with E-state index in [4.69, 9.17) is 13.3 Å². The molecule has 0 aliphatic rings. The van der Waals surface area contributed by atoms with Crippen molar-refractivity contribution in [1.82, 2.24) is 0 Å². The summed E-state index contributed by atoms with van der Waals surface area (Å²) in [6.07, 6.45) is 4.98. The molecule has 3 aromatic heterocycles. The van der Waals surface area contributed by atoms with Crippen molar-refractivity contribution in [2.24, 2.45) is 29.6 Å². The molecule has 0 aliphatic carbocycles. The van der Waals surface area contributed by atoms with Gasteiger partial charge in [0.15, 0.2) is 0 Å². The molecule has 0 aromatic carbocycles. The number of hydrogen-bond donors (Lipinski definition) is 0. The predicted octanol–water partition coefficient (Wildman–Crippen LogP) is 13.6. The van der Waals surface area contributed by atoms with E-state index in [1.54, 1.807) is 0 Å². The Morgan fingerprint density at radius 1 is 0.512 bits per heavy atom. The lowest BCUT2D eigenvalue weighted by Crippen LogP contribution is -2.12. The molecule has 0 unspecified atom stereocenters. The maximum absolute atomic E-state index is 5.80. The highest BCUT2D eigenvalue weighted by Gasteiger charge is 2.24. The highest BCUT2D eigenvalue weighted by atomic mass is 16.3. The van der Waals surface area contributed by atoms with E-state index in [1.165, 1.54) is 16.7 Å². The molecule has 43 heavy (non-hydrogen) atoms. The van der Waals surface area contributed by atoms with E-state index in [0.717, 1.165) is 29.5 Å².